The molecule has 1 fully saturated rings. The van der Waals surface area contributed by atoms with Crippen LogP contribution in [-0.2, 0) is 6.42 Å². The van der Waals surface area contributed by atoms with Crippen molar-refractivity contribution in [2.75, 3.05) is 5.32 Å². The average Bonchev–Trinajstić information content (AvgIpc) is 2.97. The van der Waals surface area contributed by atoms with Crippen molar-refractivity contribution in [1.29, 1.82) is 0 Å². The molecule has 1 N–H and O–H groups in total. The zero-order valence-electron chi connectivity index (χ0n) is 11.3. The topological polar surface area (TPSA) is 24.9 Å². The molecule has 1 saturated carbocycles. The predicted octanol–water partition coefficient (Wildman–Crippen LogP) is 5.11. The lowest BCUT2D eigenvalue weighted by Crippen LogP contribution is -2.22. The summed E-state index contributed by atoms with van der Waals surface area (Å²) in [5.74, 6) is 0. The van der Waals surface area contributed by atoms with Crippen LogP contribution in [0.2, 0.25) is 5.02 Å². The van der Waals surface area contributed by atoms with Gasteiger partial charge in [0, 0.05) is 27.9 Å². The van der Waals surface area contributed by atoms with Gasteiger partial charge in [0.1, 0.15) is 0 Å². The summed E-state index contributed by atoms with van der Waals surface area (Å²) in [7, 11) is 0. The molecule has 2 aromatic rings. The van der Waals surface area contributed by atoms with Crippen LogP contribution in [0.25, 0.3) is 11.3 Å². The second-order valence-electron chi connectivity index (χ2n) is 5.75. The lowest BCUT2D eigenvalue weighted by molar-refractivity contribution is 0.462. The number of hydrogen-bond acceptors (Lipinski definition) is 3. The maximum atomic E-state index is 6.11. The van der Waals surface area contributed by atoms with E-state index in [2.05, 4.69) is 11.4 Å². The van der Waals surface area contributed by atoms with Crippen LogP contribution < -0.4 is 5.32 Å². The number of fused-ring (bicyclic) bond motifs is 3. The van der Waals surface area contributed by atoms with Crippen molar-refractivity contribution in [1.82, 2.24) is 4.98 Å². The van der Waals surface area contributed by atoms with Crippen LogP contribution in [0.3, 0.4) is 0 Å². The van der Waals surface area contributed by atoms with E-state index in [0.29, 0.717) is 6.04 Å². The Morgan fingerprint density at radius 2 is 2.05 bits per heavy atom. The number of thiazole rings is 1. The number of hydrogen-bond donors (Lipinski definition) is 1. The number of halogens is 1. The minimum absolute atomic E-state index is 0.619. The third-order valence-corrected chi connectivity index (χ3v) is 5.53. The van der Waals surface area contributed by atoms with E-state index in [9.17, 15) is 0 Å². The monoisotopic (exact) mass is 304 g/mol. The lowest BCUT2D eigenvalue weighted by atomic mass is 9.96. The molecular weight excluding hydrogens is 288 g/mol. The molecule has 4 rings (SSSR count). The fraction of sp³-hybridized carbons (Fsp3) is 0.438. The van der Waals surface area contributed by atoms with Crippen molar-refractivity contribution in [3.05, 3.63) is 33.7 Å². The highest BCUT2D eigenvalue weighted by molar-refractivity contribution is 7.16. The van der Waals surface area contributed by atoms with E-state index in [-0.39, 0.29) is 0 Å². The SMILES string of the molecule is Clc1ccc2c(c1)-c1nc(NC3CCCCC3)sc1C2. The van der Waals surface area contributed by atoms with Crippen molar-refractivity contribution in [3.63, 3.8) is 0 Å². The van der Waals surface area contributed by atoms with Gasteiger partial charge >= 0.3 is 0 Å². The number of benzene rings is 1. The zero-order chi connectivity index (χ0) is 13.5. The van der Waals surface area contributed by atoms with E-state index in [0.717, 1.165) is 22.3 Å². The molecule has 0 atom stereocenters. The van der Waals surface area contributed by atoms with Crippen molar-refractivity contribution in [3.8, 4) is 11.3 Å². The van der Waals surface area contributed by atoms with E-state index in [1.54, 1.807) is 0 Å². The summed E-state index contributed by atoms with van der Waals surface area (Å²) in [4.78, 5) is 6.19. The van der Waals surface area contributed by atoms with Crippen LogP contribution in [0.1, 0.15) is 42.5 Å². The Bertz CT molecular complexity index is 644. The smallest absolute Gasteiger partial charge is 0.183 e. The number of aromatic nitrogens is 1. The molecule has 104 valence electrons. The molecule has 0 amide bonds. The molecule has 20 heavy (non-hydrogen) atoms. The molecule has 0 saturated heterocycles. The van der Waals surface area contributed by atoms with Crippen molar-refractivity contribution in [2.24, 2.45) is 0 Å². The Kier molecular flexibility index (Phi) is 3.20. The minimum atomic E-state index is 0.619. The molecule has 2 nitrogen and oxygen atoms in total. The van der Waals surface area contributed by atoms with Crippen LogP contribution in [0.5, 0.6) is 0 Å². The maximum absolute atomic E-state index is 6.11. The van der Waals surface area contributed by atoms with Gasteiger partial charge in [-0.05, 0) is 30.5 Å². The van der Waals surface area contributed by atoms with E-state index < -0.39 is 0 Å². The Hall–Kier alpha value is -1.06. The van der Waals surface area contributed by atoms with Crippen LogP contribution in [0, 0.1) is 0 Å². The third-order valence-electron chi connectivity index (χ3n) is 4.31. The Balaban J connectivity index is 1.60. The lowest BCUT2D eigenvalue weighted by Gasteiger charge is -2.22. The first-order valence-corrected chi connectivity index (χ1v) is 8.54. The van der Waals surface area contributed by atoms with Crippen LogP contribution in [0.15, 0.2) is 18.2 Å². The highest BCUT2D eigenvalue weighted by Crippen LogP contribution is 2.42. The van der Waals surface area contributed by atoms with Crippen molar-refractivity contribution < 1.29 is 0 Å². The van der Waals surface area contributed by atoms with Gasteiger partial charge in [0.25, 0.3) is 0 Å². The Labute approximate surface area is 128 Å². The van der Waals surface area contributed by atoms with Gasteiger partial charge in [0.2, 0.25) is 0 Å². The molecular formula is C16H17ClN2S. The van der Waals surface area contributed by atoms with Gasteiger partial charge < -0.3 is 5.32 Å². The van der Waals surface area contributed by atoms with Gasteiger partial charge in [-0.2, -0.15) is 0 Å². The standard InChI is InChI=1S/C16H17ClN2S/c17-11-7-6-10-8-14-15(13(10)9-11)19-16(20-14)18-12-4-2-1-3-5-12/h6-7,9,12H,1-5,8H2,(H,18,19). The maximum Gasteiger partial charge on any atom is 0.183 e. The fourth-order valence-corrected chi connectivity index (χ4v) is 4.51. The van der Waals surface area contributed by atoms with Crippen LogP contribution in [-0.4, -0.2) is 11.0 Å². The highest BCUT2D eigenvalue weighted by atomic mass is 35.5. The minimum Gasteiger partial charge on any atom is -0.359 e. The molecule has 0 radical (unpaired) electrons. The summed E-state index contributed by atoms with van der Waals surface area (Å²) in [6, 6.07) is 6.76. The summed E-state index contributed by atoms with van der Waals surface area (Å²) >= 11 is 7.93. The van der Waals surface area contributed by atoms with Gasteiger partial charge in [-0.1, -0.05) is 36.9 Å². The first kappa shape index (κ1) is 12.7. The van der Waals surface area contributed by atoms with Gasteiger partial charge in [0.05, 0.1) is 5.69 Å². The molecule has 0 aliphatic heterocycles. The first-order valence-electron chi connectivity index (χ1n) is 7.34. The van der Waals surface area contributed by atoms with Crippen molar-refractivity contribution >= 4 is 28.1 Å². The third kappa shape index (κ3) is 2.23. The van der Waals surface area contributed by atoms with Crippen LogP contribution in [0.4, 0.5) is 5.13 Å². The van der Waals surface area contributed by atoms with Crippen LogP contribution >= 0.6 is 22.9 Å². The zero-order valence-corrected chi connectivity index (χ0v) is 12.9. The van der Waals surface area contributed by atoms with E-state index in [1.807, 2.05) is 23.5 Å². The summed E-state index contributed by atoms with van der Waals surface area (Å²) < 4.78 is 0. The number of anilines is 1. The molecule has 4 heteroatoms. The molecule has 1 aromatic heterocycles. The fourth-order valence-electron chi connectivity index (χ4n) is 3.26. The molecule has 2 aliphatic carbocycles. The van der Waals surface area contributed by atoms with E-state index in [1.165, 1.54) is 48.1 Å². The predicted molar refractivity (Wildman–Crippen MR) is 85.9 cm³/mol. The Morgan fingerprint density at radius 1 is 1.20 bits per heavy atom. The van der Waals surface area contributed by atoms with Crippen molar-refractivity contribution in [2.45, 2.75) is 44.6 Å². The average molecular weight is 305 g/mol. The quantitative estimate of drug-likeness (QED) is 0.711. The van der Waals surface area contributed by atoms with Gasteiger partial charge in [-0.3, -0.25) is 0 Å². The van der Waals surface area contributed by atoms with Gasteiger partial charge in [-0.25, -0.2) is 4.98 Å². The Morgan fingerprint density at radius 3 is 2.90 bits per heavy atom. The normalized spacial score (nSPS) is 17.9. The summed E-state index contributed by atoms with van der Waals surface area (Å²) in [6.45, 7) is 0. The number of rotatable bonds is 2. The number of nitrogens with zero attached hydrogens (tertiary/aromatic N) is 1. The number of nitrogens with one attached hydrogen (secondary N) is 1. The van der Waals surface area contributed by atoms with E-state index in [4.69, 9.17) is 16.6 Å². The molecule has 2 aliphatic rings. The molecule has 1 heterocycles. The summed E-state index contributed by atoms with van der Waals surface area (Å²) in [6.07, 6.45) is 7.66. The first-order chi connectivity index (χ1) is 9.79. The van der Waals surface area contributed by atoms with Gasteiger partial charge in [-0.15, -0.1) is 11.3 Å². The highest BCUT2D eigenvalue weighted by Gasteiger charge is 2.24. The second-order valence-corrected chi connectivity index (χ2v) is 7.27. The van der Waals surface area contributed by atoms with E-state index >= 15 is 0 Å². The molecule has 0 bridgehead atoms. The molecule has 1 aromatic carbocycles. The van der Waals surface area contributed by atoms with Gasteiger partial charge in [0.15, 0.2) is 5.13 Å². The summed E-state index contributed by atoms with van der Waals surface area (Å²) in [5.41, 5.74) is 3.72. The summed E-state index contributed by atoms with van der Waals surface area (Å²) in [5, 5.41) is 5.52. The molecule has 0 spiro atoms. The molecule has 0 unspecified atom stereocenters. The largest absolute Gasteiger partial charge is 0.359 e. The second kappa shape index (κ2) is 5.05.